The van der Waals surface area contributed by atoms with Crippen molar-refractivity contribution in [3.05, 3.63) is 0 Å². The monoisotopic (exact) mass is 780 g/mol. The Morgan fingerprint density at radius 2 is 0.745 bits per heavy atom. The van der Waals surface area contributed by atoms with Gasteiger partial charge >= 0.3 is 11.9 Å². The normalized spacial score (nSPS) is 13.2. The van der Waals surface area contributed by atoms with Crippen LogP contribution in [0.25, 0.3) is 0 Å². The maximum Gasteiger partial charge on any atom is 0.305 e. The zero-order valence-electron chi connectivity index (χ0n) is 37.6. The first-order valence-electron chi connectivity index (χ1n) is 24.7. The highest BCUT2D eigenvalue weighted by molar-refractivity contribution is 5.69. The van der Waals surface area contributed by atoms with Crippen LogP contribution in [0.15, 0.2) is 0 Å². The molecule has 0 bridgehead atoms. The van der Waals surface area contributed by atoms with Crippen molar-refractivity contribution >= 4 is 11.9 Å². The van der Waals surface area contributed by atoms with Crippen molar-refractivity contribution in [3.63, 3.8) is 0 Å². The van der Waals surface area contributed by atoms with E-state index in [1.54, 1.807) is 0 Å². The van der Waals surface area contributed by atoms with Crippen LogP contribution in [0.1, 0.15) is 259 Å². The minimum Gasteiger partial charge on any atom is -0.465 e. The largest absolute Gasteiger partial charge is 0.465 e. The fraction of sp³-hybridized carbons (Fsp3) is 0.959. The summed E-state index contributed by atoms with van der Waals surface area (Å²) in [6.07, 6.45) is 42.0. The highest BCUT2D eigenvalue weighted by atomic mass is 16.5. The number of carbonyl (C=O) groups excluding carboxylic acids is 2. The van der Waals surface area contributed by atoms with Gasteiger partial charge in [0.25, 0.3) is 0 Å². The van der Waals surface area contributed by atoms with E-state index in [4.69, 9.17) is 9.47 Å². The molecule has 0 saturated heterocycles. The van der Waals surface area contributed by atoms with Crippen molar-refractivity contribution in [2.45, 2.75) is 265 Å². The van der Waals surface area contributed by atoms with Crippen LogP contribution in [0, 0.1) is 11.8 Å². The van der Waals surface area contributed by atoms with Crippen molar-refractivity contribution in [2.75, 3.05) is 26.4 Å². The van der Waals surface area contributed by atoms with Crippen LogP contribution in [0.3, 0.4) is 0 Å². The van der Waals surface area contributed by atoms with Crippen LogP contribution < -0.4 is 5.32 Å². The molecule has 2 unspecified atom stereocenters. The molecule has 55 heavy (non-hydrogen) atoms. The molecule has 328 valence electrons. The van der Waals surface area contributed by atoms with Gasteiger partial charge in [-0.25, -0.2) is 0 Å². The lowest BCUT2D eigenvalue weighted by molar-refractivity contribution is -0.146. The number of carbonyl (C=O) groups is 2. The van der Waals surface area contributed by atoms with E-state index in [-0.39, 0.29) is 18.5 Å². The van der Waals surface area contributed by atoms with Gasteiger partial charge in [-0.05, 0) is 82.6 Å². The summed E-state index contributed by atoms with van der Waals surface area (Å²) < 4.78 is 11.7. The van der Waals surface area contributed by atoms with Crippen molar-refractivity contribution in [2.24, 2.45) is 11.8 Å². The van der Waals surface area contributed by atoms with Crippen molar-refractivity contribution in [3.8, 4) is 0 Å². The van der Waals surface area contributed by atoms with E-state index in [2.05, 4.69) is 33.0 Å². The van der Waals surface area contributed by atoms with Crippen LogP contribution in [0.4, 0.5) is 0 Å². The third-order valence-electron chi connectivity index (χ3n) is 11.7. The Hall–Kier alpha value is -1.14. The molecule has 2 atom stereocenters. The minimum absolute atomic E-state index is 0.0148. The molecule has 0 fully saturated rings. The molecule has 2 N–H and O–H groups in total. The lowest BCUT2D eigenvalue weighted by Crippen LogP contribution is -2.30. The second-order valence-corrected chi connectivity index (χ2v) is 17.2. The fourth-order valence-electron chi connectivity index (χ4n) is 7.90. The third kappa shape index (κ3) is 39.5. The molecule has 0 spiro atoms. The number of hydrogen-bond acceptors (Lipinski definition) is 6. The van der Waals surface area contributed by atoms with Gasteiger partial charge in [0.1, 0.15) is 0 Å². The van der Waals surface area contributed by atoms with Crippen LogP contribution in [0.5, 0.6) is 0 Å². The van der Waals surface area contributed by atoms with Crippen LogP contribution in [0.2, 0.25) is 0 Å². The lowest BCUT2D eigenvalue weighted by atomic mass is 9.95. The number of ether oxygens (including phenoxy) is 2. The quantitative estimate of drug-likeness (QED) is 0.0473. The first kappa shape index (κ1) is 53.9. The molecule has 0 aliphatic rings. The predicted molar refractivity (Wildman–Crippen MR) is 237 cm³/mol. The number of aliphatic hydroxyl groups is 1. The maximum absolute atomic E-state index is 12.7. The van der Waals surface area contributed by atoms with E-state index in [9.17, 15) is 14.7 Å². The maximum atomic E-state index is 12.7. The van der Waals surface area contributed by atoms with Crippen molar-refractivity contribution in [1.29, 1.82) is 0 Å². The van der Waals surface area contributed by atoms with E-state index in [0.29, 0.717) is 43.9 Å². The first-order chi connectivity index (χ1) is 27.0. The molecule has 0 aromatic rings. The molecular formula is C49H97NO5. The average Bonchev–Trinajstić information content (AvgIpc) is 3.19. The average molecular weight is 780 g/mol. The number of esters is 2. The van der Waals surface area contributed by atoms with E-state index < -0.39 is 0 Å². The molecule has 0 heterocycles. The second kappa shape index (κ2) is 44.0. The summed E-state index contributed by atoms with van der Waals surface area (Å²) in [4.78, 5) is 25.3. The highest BCUT2D eigenvalue weighted by Gasteiger charge is 2.15. The number of aliphatic hydroxyl groups excluding tert-OH is 1. The molecule has 6 nitrogen and oxygen atoms in total. The topological polar surface area (TPSA) is 84.9 Å². The predicted octanol–water partition coefficient (Wildman–Crippen LogP) is 14.4. The fourth-order valence-corrected chi connectivity index (χ4v) is 7.90. The zero-order chi connectivity index (χ0) is 40.3. The summed E-state index contributed by atoms with van der Waals surface area (Å²) in [5.41, 5.74) is 0. The Balaban J connectivity index is 4.45. The zero-order valence-corrected chi connectivity index (χ0v) is 37.6. The second-order valence-electron chi connectivity index (χ2n) is 17.2. The molecule has 6 heteroatoms. The Morgan fingerprint density at radius 3 is 1.13 bits per heavy atom. The molecular weight excluding hydrogens is 683 g/mol. The number of rotatable bonds is 45. The number of hydrogen-bond donors (Lipinski definition) is 2. The van der Waals surface area contributed by atoms with Gasteiger partial charge in [-0.2, -0.15) is 0 Å². The Labute approximate surface area is 343 Å². The Bertz CT molecular complexity index is 733. The van der Waals surface area contributed by atoms with E-state index in [0.717, 1.165) is 70.8 Å². The summed E-state index contributed by atoms with van der Waals surface area (Å²) in [7, 11) is 0. The first-order valence-corrected chi connectivity index (χ1v) is 24.7. The standard InChI is InChI=1S/C49H97NO5/c1-5-9-13-17-19-25-35-45(33-23-15-11-7-3)43-54-48(52)39-29-21-27-37-47(50-41-31-32-42-51)38-28-22-30-40-49(53)55-44-46(34-24-16-12-8-4)36-26-20-18-14-10-6-2/h45-47,50-51H,5-44H2,1-4H3. The van der Waals surface area contributed by atoms with Crippen molar-refractivity contribution in [1.82, 2.24) is 5.32 Å². The molecule has 0 aromatic heterocycles. The smallest absolute Gasteiger partial charge is 0.305 e. The molecule has 0 amide bonds. The number of nitrogens with one attached hydrogen (secondary N) is 1. The van der Waals surface area contributed by atoms with Gasteiger partial charge in [0.15, 0.2) is 0 Å². The minimum atomic E-state index is -0.0148. The third-order valence-corrected chi connectivity index (χ3v) is 11.7. The van der Waals surface area contributed by atoms with Gasteiger partial charge in [-0.15, -0.1) is 0 Å². The molecule has 0 rings (SSSR count). The molecule has 0 aromatic carbocycles. The summed E-state index contributed by atoms with van der Waals surface area (Å²) >= 11 is 0. The van der Waals surface area contributed by atoms with Gasteiger partial charge in [0.2, 0.25) is 0 Å². The summed E-state index contributed by atoms with van der Waals surface area (Å²) in [6.45, 7) is 11.5. The van der Waals surface area contributed by atoms with Gasteiger partial charge in [0, 0.05) is 25.5 Å². The summed E-state index contributed by atoms with van der Waals surface area (Å²) in [6, 6.07) is 0.448. The van der Waals surface area contributed by atoms with Gasteiger partial charge < -0.3 is 19.9 Å². The molecule has 0 saturated carbocycles. The lowest BCUT2D eigenvalue weighted by Gasteiger charge is -2.19. The molecule has 0 aliphatic carbocycles. The van der Waals surface area contributed by atoms with Crippen LogP contribution >= 0.6 is 0 Å². The van der Waals surface area contributed by atoms with E-state index >= 15 is 0 Å². The van der Waals surface area contributed by atoms with E-state index in [1.807, 2.05) is 0 Å². The van der Waals surface area contributed by atoms with Gasteiger partial charge in [-0.1, -0.05) is 182 Å². The Morgan fingerprint density at radius 1 is 0.418 bits per heavy atom. The van der Waals surface area contributed by atoms with E-state index in [1.165, 1.54) is 154 Å². The SMILES string of the molecule is CCCCCCCCC(CCCCCC)COC(=O)CCCCCC(CCCCCC(=O)OCC(CCCCCC)CCCCCCCC)NCCCCO. The molecule has 0 aliphatic heterocycles. The van der Waals surface area contributed by atoms with Gasteiger partial charge in [-0.3, -0.25) is 9.59 Å². The Kier molecular flexibility index (Phi) is 43.1. The highest BCUT2D eigenvalue weighted by Crippen LogP contribution is 2.22. The molecule has 0 radical (unpaired) electrons. The van der Waals surface area contributed by atoms with Crippen LogP contribution in [-0.2, 0) is 19.1 Å². The van der Waals surface area contributed by atoms with Crippen molar-refractivity contribution < 1.29 is 24.2 Å². The summed E-state index contributed by atoms with van der Waals surface area (Å²) in [5.74, 6) is 1.01. The number of unbranched alkanes of at least 4 members (excludes halogenated alkanes) is 21. The van der Waals surface area contributed by atoms with Crippen LogP contribution in [-0.4, -0.2) is 49.5 Å². The van der Waals surface area contributed by atoms with Gasteiger partial charge in [0.05, 0.1) is 13.2 Å². The summed E-state index contributed by atoms with van der Waals surface area (Å²) in [5, 5.41) is 13.0.